The van der Waals surface area contributed by atoms with Crippen molar-refractivity contribution in [3.8, 4) is 0 Å². The number of rotatable bonds is 0. The first kappa shape index (κ1) is 10.5. The molecule has 0 aromatic heterocycles. The number of sulfonamides is 1. The zero-order valence-corrected chi connectivity index (χ0v) is 8.94. The van der Waals surface area contributed by atoms with Crippen LogP contribution in [0.4, 0.5) is 0 Å². The molecule has 1 aliphatic rings. The van der Waals surface area contributed by atoms with E-state index in [4.69, 9.17) is 0 Å². The molecule has 1 fully saturated rings. The number of carbonyl (C=O) groups excluding carboxylic acids is 1. The molecular formula is C8H15NO3S. The summed E-state index contributed by atoms with van der Waals surface area (Å²) in [5.41, 5.74) is -0.134. The van der Waals surface area contributed by atoms with Crippen LogP contribution in [0.5, 0.6) is 0 Å². The van der Waals surface area contributed by atoms with E-state index in [0.717, 1.165) is 0 Å². The minimum atomic E-state index is -3.36. The zero-order chi connectivity index (χ0) is 10.3. The van der Waals surface area contributed by atoms with Gasteiger partial charge in [0.15, 0.2) is 0 Å². The van der Waals surface area contributed by atoms with Gasteiger partial charge < -0.3 is 0 Å². The lowest BCUT2D eigenvalue weighted by molar-refractivity contribution is -0.121. The van der Waals surface area contributed by atoms with Gasteiger partial charge in [-0.3, -0.25) is 9.52 Å². The van der Waals surface area contributed by atoms with Gasteiger partial charge in [-0.15, -0.1) is 0 Å². The number of hydrogen-bond donors (Lipinski definition) is 1. The van der Waals surface area contributed by atoms with Crippen LogP contribution in [-0.2, 0) is 14.8 Å². The molecule has 0 spiro atoms. The fourth-order valence-corrected chi connectivity index (χ4v) is 3.02. The molecule has 0 bridgehead atoms. The summed E-state index contributed by atoms with van der Waals surface area (Å²) in [5.74, 6) is -0.403. The molecule has 1 N–H and O–H groups in total. The molecule has 1 unspecified atom stereocenters. The second-order valence-electron chi connectivity index (χ2n) is 4.57. The van der Waals surface area contributed by atoms with Crippen molar-refractivity contribution >= 4 is 15.9 Å². The molecule has 1 rings (SSSR count). The number of carbonyl (C=O) groups is 1. The highest BCUT2D eigenvalue weighted by molar-refractivity contribution is 7.90. The maximum atomic E-state index is 11.2. The molecule has 76 valence electrons. The molecule has 0 saturated carbocycles. The fraction of sp³-hybridized carbons (Fsp3) is 0.875. The Morgan fingerprint density at radius 1 is 1.38 bits per heavy atom. The van der Waals surface area contributed by atoms with E-state index < -0.39 is 10.0 Å². The molecule has 1 amide bonds. The Hall–Kier alpha value is -0.580. The Labute approximate surface area is 78.8 Å². The van der Waals surface area contributed by atoms with E-state index in [-0.39, 0.29) is 23.0 Å². The zero-order valence-electron chi connectivity index (χ0n) is 8.12. The van der Waals surface area contributed by atoms with Gasteiger partial charge in [-0.2, -0.15) is 0 Å². The van der Waals surface area contributed by atoms with Crippen LogP contribution in [0, 0.1) is 11.3 Å². The van der Waals surface area contributed by atoms with Gasteiger partial charge in [0.25, 0.3) is 0 Å². The highest BCUT2D eigenvalue weighted by atomic mass is 32.2. The molecule has 1 saturated heterocycles. The quantitative estimate of drug-likeness (QED) is 0.626. The Morgan fingerprint density at radius 3 is 2.31 bits per heavy atom. The topological polar surface area (TPSA) is 63.2 Å². The van der Waals surface area contributed by atoms with Gasteiger partial charge in [0.2, 0.25) is 15.9 Å². The predicted molar refractivity (Wildman–Crippen MR) is 49.5 cm³/mol. The van der Waals surface area contributed by atoms with E-state index in [9.17, 15) is 13.2 Å². The van der Waals surface area contributed by atoms with E-state index in [0.29, 0.717) is 6.42 Å². The minimum absolute atomic E-state index is 0.0578. The Morgan fingerprint density at radius 2 is 1.92 bits per heavy atom. The molecular weight excluding hydrogens is 190 g/mol. The van der Waals surface area contributed by atoms with Crippen molar-refractivity contribution in [3.63, 3.8) is 0 Å². The van der Waals surface area contributed by atoms with E-state index in [1.165, 1.54) is 0 Å². The second kappa shape index (κ2) is 2.97. The van der Waals surface area contributed by atoms with Gasteiger partial charge in [-0.05, 0) is 11.3 Å². The van der Waals surface area contributed by atoms with Gasteiger partial charge in [-0.25, -0.2) is 8.42 Å². The smallest absolute Gasteiger partial charge is 0.235 e. The van der Waals surface area contributed by atoms with Crippen LogP contribution in [-0.4, -0.2) is 20.1 Å². The second-order valence-corrected chi connectivity index (χ2v) is 6.34. The van der Waals surface area contributed by atoms with E-state index in [2.05, 4.69) is 0 Å². The van der Waals surface area contributed by atoms with Crippen molar-refractivity contribution in [1.29, 1.82) is 0 Å². The molecule has 5 heteroatoms. The molecule has 0 aromatic carbocycles. The summed E-state index contributed by atoms with van der Waals surface area (Å²) in [6, 6.07) is 0. The average molecular weight is 205 g/mol. The van der Waals surface area contributed by atoms with Gasteiger partial charge in [0.1, 0.15) is 0 Å². The summed E-state index contributed by atoms with van der Waals surface area (Å²) in [5, 5.41) is 0. The van der Waals surface area contributed by atoms with Crippen molar-refractivity contribution in [2.75, 3.05) is 5.75 Å². The molecule has 0 aliphatic carbocycles. The lowest BCUT2D eigenvalue weighted by Gasteiger charge is -2.32. The van der Waals surface area contributed by atoms with E-state index in [1.54, 1.807) is 0 Å². The lowest BCUT2D eigenvalue weighted by atomic mass is 9.80. The van der Waals surface area contributed by atoms with Crippen molar-refractivity contribution in [2.24, 2.45) is 11.3 Å². The fourth-order valence-electron chi connectivity index (χ4n) is 1.36. The Kier molecular flexibility index (Phi) is 2.40. The van der Waals surface area contributed by atoms with Crippen LogP contribution < -0.4 is 4.72 Å². The standard InChI is InChI=1S/C8H15NO3S/c1-8(2,3)6-4-7(10)9-13(11,12)5-6/h6H,4-5H2,1-3H3,(H,9,10). The highest BCUT2D eigenvalue weighted by Gasteiger charge is 2.36. The van der Waals surface area contributed by atoms with Crippen LogP contribution >= 0.6 is 0 Å². The van der Waals surface area contributed by atoms with Gasteiger partial charge in [-0.1, -0.05) is 20.8 Å². The summed E-state index contributed by atoms with van der Waals surface area (Å²) < 4.78 is 24.4. The SMILES string of the molecule is CC(C)(C)C1CC(=O)NS(=O)(=O)C1. The van der Waals surface area contributed by atoms with E-state index >= 15 is 0 Å². The minimum Gasteiger partial charge on any atom is -0.274 e. The highest BCUT2D eigenvalue weighted by Crippen LogP contribution is 2.31. The normalized spacial score (nSPS) is 28.2. The Balaban J connectivity index is 2.87. The summed E-state index contributed by atoms with van der Waals surface area (Å²) >= 11 is 0. The molecule has 0 aromatic rings. The van der Waals surface area contributed by atoms with Crippen LogP contribution in [0.25, 0.3) is 0 Å². The summed E-state index contributed by atoms with van der Waals surface area (Å²) in [4.78, 5) is 11.0. The van der Waals surface area contributed by atoms with Crippen molar-refractivity contribution in [2.45, 2.75) is 27.2 Å². The predicted octanol–water partition coefficient (Wildman–Crippen LogP) is 0.498. The van der Waals surface area contributed by atoms with Crippen molar-refractivity contribution in [1.82, 2.24) is 4.72 Å². The van der Waals surface area contributed by atoms with Crippen LogP contribution in [0.15, 0.2) is 0 Å². The molecule has 13 heavy (non-hydrogen) atoms. The third-order valence-electron chi connectivity index (χ3n) is 2.35. The largest absolute Gasteiger partial charge is 0.274 e. The first-order valence-electron chi connectivity index (χ1n) is 4.24. The third kappa shape index (κ3) is 2.69. The van der Waals surface area contributed by atoms with E-state index in [1.807, 2.05) is 25.5 Å². The number of nitrogens with one attached hydrogen (secondary N) is 1. The van der Waals surface area contributed by atoms with Crippen molar-refractivity contribution < 1.29 is 13.2 Å². The maximum Gasteiger partial charge on any atom is 0.235 e. The summed E-state index contributed by atoms with van der Waals surface area (Å²) in [6.07, 6.45) is 0.308. The van der Waals surface area contributed by atoms with Gasteiger partial charge >= 0.3 is 0 Å². The van der Waals surface area contributed by atoms with Crippen LogP contribution in [0.1, 0.15) is 27.2 Å². The first-order chi connectivity index (χ1) is 5.71. The Bertz CT molecular complexity index is 313. The third-order valence-corrected chi connectivity index (χ3v) is 3.73. The lowest BCUT2D eigenvalue weighted by Crippen LogP contribution is -2.45. The average Bonchev–Trinajstić information content (AvgIpc) is 1.79. The molecule has 1 atom stereocenters. The summed E-state index contributed by atoms with van der Waals surface area (Å²) in [7, 11) is -3.36. The van der Waals surface area contributed by atoms with Crippen molar-refractivity contribution in [3.05, 3.63) is 0 Å². The summed E-state index contributed by atoms with van der Waals surface area (Å²) in [6.45, 7) is 5.85. The molecule has 4 nitrogen and oxygen atoms in total. The monoisotopic (exact) mass is 205 g/mol. The molecule has 1 heterocycles. The first-order valence-corrected chi connectivity index (χ1v) is 5.89. The molecule has 1 aliphatic heterocycles. The van der Waals surface area contributed by atoms with Crippen LogP contribution in [0.3, 0.4) is 0 Å². The van der Waals surface area contributed by atoms with Crippen LogP contribution in [0.2, 0.25) is 0 Å². The maximum absolute atomic E-state index is 11.2. The van der Waals surface area contributed by atoms with Gasteiger partial charge in [0.05, 0.1) is 5.75 Å². The van der Waals surface area contributed by atoms with Gasteiger partial charge in [0, 0.05) is 6.42 Å². The number of hydrogen-bond acceptors (Lipinski definition) is 3. The number of amides is 1. The molecule has 0 radical (unpaired) electrons.